The van der Waals surface area contributed by atoms with Crippen LogP contribution >= 0.6 is 0 Å². The first-order chi connectivity index (χ1) is 8.24. The van der Waals surface area contributed by atoms with Gasteiger partial charge in [-0.05, 0) is 31.0 Å². The minimum Gasteiger partial charge on any atom is -0.357 e. The van der Waals surface area contributed by atoms with E-state index in [4.69, 9.17) is 0 Å². The molecule has 0 saturated heterocycles. The zero-order valence-electron chi connectivity index (χ0n) is 9.58. The van der Waals surface area contributed by atoms with E-state index >= 15 is 0 Å². The van der Waals surface area contributed by atoms with Crippen molar-refractivity contribution in [2.45, 2.75) is 31.7 Å². The Morgan fingerprint density at radius 2 is 2.06 bits per heavy atom. The number of carbonyl (C=O) groups is 1. The van der Waals surface area contributed by atoms with Gasteiger partial charge in [-0.1, -0.05) is 12.8 Å². The van der Waals surface area contributed by atoms with Crippen molar-refractivity contribution in [1.82, 2.24) is 0 Å². The lowest BCUT2D eigenvalue weighted by atomic mass is 10.1. The van der Waals surface area contributed by atoms with Crippen LogP contribution in [0.4, 0.5) is 15.8 Å². The molecule has 3 nitrogen and oxygen atoms in total. The van der Waals surface area contributed by atoms with E-state index in [1.54, 1.807) is 6.07 Å². The first kappa shape index (κ1) is 10.6. The third-order valence-electron chi connectivity index (χ3n) is 3.62. The van der Waals surface area contributed by atoms with E-state index in [2.05, 4.69) is 10.2 Å². The molecule has 3 rings (SSSR count). The minimum absolute atomic E-state index is 0.00370. The second-order valence-corrected chi connectivity index (χ2v) is 4.78. The van der Waals surface area contributed by atoms with E-state index < -0.39 is 0 Å². The van der Waals surface area contributed by atoms with Gasteiger partial charge in [0.15, 0.2) is 0 Å². The molecule has 1 aliphatic heterocycles. The van der Waals surface area contributed by atoms with Gasteiger partial charge in [0.05, 0.1) is 17.9 Å². The van der Waals surface area contributed by atoms with Gasteiger partial charge in [0.2, 0.25) is 5.91 Å². The highest BCUT2D eigenvalue weighted by Crippen LogP contribution is 2.35. The molecule has 0 spiro atoms. The minimum atomic E-state index is -0.247. The highest BCUT2D eigenvalue weighted by atomic mass is 19.1. The molecule has 0 bridgehead atoms. The van der Waals surface area contributed by atoms with E-state index in [1.165, 1.54) is 25.0 Å². The fourth-order valence-corrected chi connectivity index (χ4v) is 2.82. The number of hydrogen-bond donors (Lipinski definition) is 1. The molecule has 90 valence electrons. The zero-order chi connectivity index (χ0) is 11.8. The van der Waals surface area contributed by atoms with Crippen molar-refractivity contribution in [1.29, 1.82) is 0 Å². The maximum Gasteiger partial charge on any atom is 0.243 e. The number of nitrogens with one attached hydrogen (secondary N) is 1. The normalized spacial score (nSPS) is 20.3. The van der Waals surface area contributed by atoms with Crippen LogP contribution in [0.3, 0.4) is 0 Å². The Balaban J connectivity index is 1.99. The number of benzene rings is 1. The van der Waals surface area contributed by atoms with E-state index in [1.807, 2.05) is 0 Å². The number of carbonyl (C=O) groups excluding carboxylic acids is 1. The molecule has 1 aromatic carbocycles. The molecule has 1 fully saturated rings. The maximum absolute atomic E-state index is 13.3. The van der Waals surface area contributed by atoms with Crippen LogP contribution in [0.15, 0.2) is 18.2 Å². The molecule has 2 aliphatic rings. The summed E-state index contributed by atoms with van der Waals surface area (Å²) in [6.07, 6.45) is 4.60. The molecule has 0 atom stereocenters. The average molecular weight is 234 g/mol. The summed E-state index contributed by atoms with van der Waals surface area (Å²) in [6, 6.07) is 4.94. The Hall–Kier alpha value is -1.58. The molecule has 1 aliphatic carbocycles. The molecule has 1 saturated carbocycles. The van der Waals surface area contributed by atoms with E-state index in [0.717, 1.165) is 24.2 Å². The van der Waals surface area contributed by atoms with Gasteiger partial charge < -0.3 is 10.2 Å². The summed E-state index contributed by atoms with van der Waals surface area (Å²) < 4.78 is 13.3. The molecular formula is C13H15FN2O. The largest absolute Gasteiger partial charge is 0.357 e. The van der Waals surface area contributed by atoms with Gasteiger partial charge in [0.1, 0.15) is 5.82 Å². The van der Waals surface area contributed by atoms with Crippen molar-refractivity contribution in [3.05, 3.63) is 24.0 Å². The monoisotopic (exact) mass is 234 g/mol. The lowest BCUT2D eigenvalue weighted by Gasteiger charge is -2.35. The highest BCUT2D eigenvalue weighted by molar-refractivity contribution is 6.01. The number of halogens is 1. The second kappa shape index (κ2) is 4.02. The summed E-state index contributed by atoms with van der Waals surface area (Å²) in [6.45, 7) is 0.348. The smallest absolute Gasteiger partial charge is 0.243 e. The van der Waals surface area contributed by atoms with Crippen LogP contribution < -0.4 is 10.2 Å². The van der Waals surface area contributed by atoms with Crippen LogP contribution in [-0.2, 0) is 4.79 Å². The van der Waals surface area contributed by atoms with E-state index in [9.17, 15) is 9.18 Å². The van der Waals surface area contributed by atoms with E-state index in [-0.39, 0.29) is 11.7 Å². The maximum atomic E-state index is 13.3. The molecule has 1 N–H and O–H groups in total. The van der Waals surface area contributed by atoms with Gasteiger partial charge in [-0.2, -0.15) is 0 Å². The summed E-state index contributed by atoms with van der Waals surface area (Å²) in [5.74, 6) is -0.251. The van der Waals surface area contributed by atoms with Gasteiger partial charge in [0.25, 0.3) is 0 Å². The lowest BCUT2D eigenvalue weighted by Crippen LogP contribution is -2.43. The summed E-state index contributed by atoms with van der Waals surface area (Å²) in [4.78, 5) is 13.7. The van der Waals surface area contributed by atoms with Gasteiger partial charge in [-0.15, -0.1) is 0 Å². The van der Waals surface area contributed by atoms with Crippen LogP contribution in [-0.4, -0.2) is 18.5 Å². The van der Waals surface area contributed by atoms with Crippen molar-refractivity contribution in [2.75, 3.05) is 16.8 Å². The predicted molar refractivity (Wildman–Crippen MR) is 64.6 cm³/mol. The number of amides is 1. The molecule has 1 heterocycles. The molecule has 17 heavy (non-hydrogen) atoms. The number of rotatable bonds is 1. The first-order valence-corrected chi connectivity index (χ1v) is 6.10. The van der Waals surface area contributed by atoms with E-state index in [0.29, 0.717) is 12.6 Å². The average Bonchev–Trinajstić information content (AvgIpc) is 2.82. The SMILES string of the molecule is O=C1CN(C2CCCC2)c2cc(F)ccc2N1. The molecule has 1 aromatic rings. The van der Waals surface area contributed by atoms with Crippen LogP contribution in [0, 0.1) is 5.82 Å². The predicted octanol–water partition coefficient (Wildman–Crippen LogP) is 2.53. The lowest BCUT2D eigenvalue weighted by molar-refractivity contribution is -0.115. The molecule has 4 heteroatoms. The Morgan fingerprint density at radius 1 is 1.29 bits per heavy atom. The fourth-order valence-electron chi connectivity index (χ4n) is 2.82. The van der Waals surface area contributed by atoms with Crippen LogP contribution in [0.5, 0.6) is 0 Å². The van der Waals surface area contributed by atoms with Gasteiger partial charge >= 0.3 is 0 Å². The number of nitrogens with zero attached hydrogens (tertiary/aromatic N) is 1. The molecule has 0 aromatic heterocycles. The van der Waals surface area contributed by atoms with Crippen molar-refractivity contribution in [2.24, 2.45) is 0 Å². The summed E-state index contributed by atoms with van der Waals surface area (Å²) in [7, 11) is 0. The van der Waals surface area contributed by atoms with Crippen LogP contribution in [0.1, 0.15) is 25.7 Å². The van der Waals surface area contributed by atoms with Crippen LogP contribution in [0.2, 0.25) is 0 Å². The summed E-state index contributed by atoms with van der Waals surface area (Å²) in [5.41, 5.74) is 1.56. The number of fused-ring (bicyclic) bond motifs is 1. The van der Waals surface area contributed by atoms with Crippen molar-refractivity contribution in [3.63, 3.8) is 0 Å². The molecule has 0 radical (unpaired) electrons. The Morgan fingerprint density at radius 3 is 2.82 bits per heavy atom. The molecular weight excluding hydrogens is 219 g/mol. The van der Waals surface area contributed by atoms with Crippen molar-refractivity contribution in [3.8, 4) is 0 Å². The van der Waals surface area contributed by atoms with Crippen molar-refractivity contribution < 1.29 is 9.18 Å². The molecule has 0 unspecified atom stereocenters. The quantitative estimate of drug-likeness (QED) is 0.809. The van der Waals surface area contributed by atoms with Gasteiger partial charge in [0, 0.05) is 6.04 Å². The Bertz CT molecular complexity index is 455. The number of hydrogen-bond acceptors (Lipinski definition) is 2. The topological polar surface area (TPSA) is 32.3 Å². The summed E-state index contributed by atoms with van der Waals surface area (Å²) in [5, 5.41) is 2.79. The zero-order valence-corrected chi connectivity index (χ0v) is 9.58. The van der Waals surface area contributed by atoms with Gasteiger partial charge in [-0.3, -0.25) is 4.79 Å². The Labute approximate surface area is 99.6 Å². The third-order valence-corrected chi connectivity index (χ3v) is 3.62. The third kappa shape index (κ3) is 1.88. The summed E-state index contributed by atoms with van der Waals surface area (Å²) >= 11 is 0. The highest BCUT2D eigenvalue weighted by Gasteiger charge is 2.29. The molecule has 1 amide bonds. The second-order valence-electron chi connectivity index (χ2n) is 4.78. The Kier molecular flexibility index (Phi) is 2.50. The van der Waals surface area contributed by atoms with Crippen molar-refractivity contribution >= 4 is 17.3 Å². The fraction of sp³-hybridized carbons (Fsp3) is 0.462. The standard InChI is InChI=1S/C13H15FN2O/c14-9-5-6-11-12(7-9)16(8-13(17)15-11)10-3-1-2-4-10/h5-7,10H,1-4,8H2,(H,15,17). The van der Waals surface area contributed by atoms with Crippen LogP contribution in [0.25, 0.3) is 0 Å². The first-order valence-electron chi connectivity index (χ1n) is 6.10. The van der Waals surface area contributed by atoms with Gasteiger partial charge in [-0.25, -0.2) is 4.39 Å². The number of anilines is 2.